The molecule has 0 radical (unpaired) electrons. The predicted molar refractivity (Wildman–Crippen MR) is 425 cm³/mol. The molecule has 1 unspecified atom stereocenters. The molecule has 4 amide bonds. The number of carbonyl (C=O) groups excluding carboxylic acids is 4. The molecule has 0 aromatic carbocycles. The van der Waals surface area contributed by atoms with Crippen molar-refractivity contribution in [2.24, 2.45) is 0 Å². The standard InChI is InChI=1S/C77H128N4O58/c1-17-37(94)48(105)53(110)69(123-17)121-15-32-61(45(102)34(66(116)124-32)79-19(3)89)133-67-35(80-20(4)90)46(103)60(28(12-87)128-67)135-74-58(115)64(44(101)30(131-74)14-120-71-57(114)63(136-72-55(112)50(107)40(97)25(9-84)126-72)43(100)29(130-71)13-119-70-54(111)49(106)39(96)24(8-83)125-70)137-75-65(52(109)41(98)26(10-85)127-75)138-68-36(81-21(5)91)47(104)59(27(11-86)129-68)134-73-56(113)51(108)42(99)31(132-73)16-122-77(76(117)118)6-22(92)33(78-18(2)88)62(139-77)38(95)23(93)7-82/h17,22-75,82-87,92-116H,6-16H2,1-5H3,(H,78,88)(H,79,89)(H,80,90)(H,81,91)(H,117,118)/t17-,22-,23+,24+,25+,26+,27+,28+,29+,30+,31+,32+,33+,34+,35+,36+,37+,38+,39+,40+,41+,42-,43+,44+,45+,46+,47+,48+,49-,50-,51-,52-,53-,54-,55-,56+,57-,58-,59+,60+,61+,62+,63-,64-,65-,66?,67-,68-,69+,70-,71-,72+,73-,74-,75+,77+/m0/s1. The van der Waals surface area contributed by atoms with Crippen LogP contribution in [0.3, 0.4) is 0 Å². The first-order valence-electron chi connectivity index (χ1n) is 44.1. The fourth-order valence-corrected chi connectivity index (χ4v) is 17.8. The molecule has 11 aliphatic heterocycles. The fourth-order valence-electron chi connectivity index (χ4n) is 17.8. The quantitative estimate of drug-likeness (QED) is 0.0275. The molecule has 11 fully saturated rings. The highest BCUT2D eigenvalue weighted by molar-refractivity contribution is 5.77. The van der Waals surface area contributed by atoms with E-state index in [2.05, 4.69) is 21.3 Å². The van der Waals surface area contributed by atoms with E-state index in [1.54, 1.807) is 0 Å². The van der Waals surface area contributed by atoms with Gasteiger partial charge in [0, 0.05) is 34.1 Å². The number of amides is 4. The van der Waals surface area contributed by atoms with Gasteiger partial charge in [-0.3, -0.25) is 19.2 Å². The smallest absolute Gasteiger partial charge is 0.364 e. The van der Waals surface area contributed by atoms with E-state index in [4.69, 9.17) is 99.5 Å². The third-order valence-corrected chi connectivity index (χ3v) is 25.5. The van der Waals surface area contributed by atoms with E-state index in [0.29, 0.717) is 0 Å². The van der Waals surface area contributed by atoms with Crippen LogP contribution in [0.5, 0.6) is 0 Å². The van der Waals surface area contributed by atoms with Gasteiger partial charge in [-0.2, -0.15) is 0 Å². The van der Waals surface area contributed by atoms with Crippen LogP contribution < -0.4 is 21.3 Å². The second kappa shape index (κ2) is 49.4. The van der Waals surface area contributed by atoms with Gasteiger partial charge in [0.25, 0.3) is 5.79 Å². The molecule has 0 aliphatic carbocycles. The first-order chi connectivity index (χ1) is 65.5. The zero-order valence-electron chi connectivity index (χ0n) is 74.5. The number of carboxylic acids is 1. The lowest BCUT2D eigenvalue weighted by molar-refractivity contribution is -0.399. The van der Waals surface area contributed by atoms with Crippen LogP contribution in [-0.4, -0.2) is 602 Å². The lowest BCUT2D eigenvalue weighted by Crippen LogP contribution is -2.71. The van der Waals surface area contributed by atoms with E-state index in [1.165, 1.54) is 6.92 Å². The molecule has 0 aromatic heterocycles. The highest BCUT2D eigenvalue weighted by Crippen LogP contribution is 2.42. The maximum Gasteiger partial charge on any atom is 0.364 e. The molecule has 11 saturated heterocycles. The summed E-state index contributed by atoms with van der Waals surface area (Å²) in [5.41, 5.74) is 0. The molecule has 11 heterocycles. The van der Waals surface area contributed by atoms with E-state index >= 15 is 0 Å². The van der Waals surface area contributed by atoms with Gasteiger partial charge in [-0.1, -0.05) is 0 Å². The Morgan fingerprint density at radius 2 is 0.626 bits per heavy atom. The molecule has 0 aromatic rings. The zero-order chi connectivity index (χ0) is 103. The molecule has 0 bridgehead atoms. The number of aliphatic hydroxyl groups excluding tert-OH is 31. The number of rotatable bonds is 37. The van der Waals surface area contributed by atoms with Crippen molar-refractivity contribution in [2.75, 3.05) is 66.1 Å². The number of nitrogens with one attached hydrogen (secondary N) is 4. The SMILES string of the molecule is CC(=O)N[C@H]1[C@H](O[C@H]2[C@H](O)[C@@H](NC(C)=O)C(O)O[C@@H]2CO[C@@H]2O[C@@H](C)[C@@H](O)[C@@H](O)[C@@H]2O)O[C@H](CO)[C@@H](O[C@@H]2O[C@H](CO[C@H]3O[C@H](CO[C@H]4O[C@H](CO)[C@@H](O)[C@H](O)[C@@H]4O)[C@@H](O)[C@H](O[C@H]4O[C@H](CO)[C@@H](O)[C@H](O)[C@@H]4O)[C@@H]3O)[C@@H](O)[C@H](O[C@H]3O[C@H](CO)[C@@H](O)[C@H](O)[C@@H]3O[C@@H]3O[C@H](CO)[C@@H](O[C@@H]4O[C@H](CO[C@]5(C(=O)O)C[C@H](O)[C@@H](NC(C)=O)[C@H]([C@H](O)[C@H](O)CO)O5)[C@H](O)[C@H](O)[C@H]4O)[C@H](O)[C@H]3NC(C)=O)[C@@H]2O)[C@@H]1O. The summed E-state index contributed by atoms with van der Waals surface area (Å²) in [5.74, 6) is -9.04. The Labute approximate surface area is 785 Å². The van der Waals surface area contributed by atoms with Gasteiger partial charge < -0.3 is 284 Å². The molecular formula is C77H128N4O58. The number of ether oxygens (including phenoxy) is 21. The van der Waals surface area contributed by atoms with Crippen LogP contribution in [-0.2, 0) is 123 Å². The van der Waals surface area contributed by atoms with Gasteiger partial charge in [0.05, 0.1) is 84.3 Å². The van der Waals surface area contributed by atoms with Gasteiger partial charge in [-0.25, -0.2) is 4.79 Å². The van der Waals surface area contributed by atoms with Crippen molar-refractivity contribution >= 4 is 29.6 Å². The Morgan fingerprint density at radius 3 is 1.08 bits per heavy atom. The lowest BCUT2D eigenvalue weighted by atomic mass is 9.88. The summed E-state index contributed by atoms with van der Waals surface area (Å²) in [6.07, 6.45) is -112. The molecule has 11 rings (SSSR count). The van der Waals surface area contributed by atoms with E-state index in [9.17, 15) is 187 Å². The van der Waals surface area contributed by atoms with Gasteiger partial charge in [0.2, 0.25) is 23.6 Å². The van der Waals surface area contributed by atoms with E-state index in [1.807, 2.05) is 0 Å². The summed E-state index contributed by atoms with van der Waals surface area (Å²) < 4.78 is 124. The van der Waals surface area contributed by atoms with E-state index in [0.717, 1.165) is 27.7 Å². The van der Waals surface area contributed by atoms with Gasteiger partial charge in [0.1, 0.15) is 256 Å². The van der Waals surface area contributed by atoms with Crippen LogP contribution in [0.1, 0.15) is 41.0 Å². The minimum absolute atomic E-state index is 0.847. The monoisotopic (exact) mass is 2040 g/mol. The molecule has 0 spiro atoms. The predicted octanol–water partition coefficient (Wildman–Crippen LogP) is -24.2. The van der Waals surface area contributed by atoms with Gasteiger partial charge in [-0.05, 0) is 6.92 Å². The molecule has 139 heavy (non-hydrogen) atoms. The number of carboxylic acid groups (broad SMARTS) is 1. The molecular weight excluding hydrogens is 1910 g/mol. The van der Waals surface area contributed by atoms with Crippen LogP contribution in [0.2, 0.25) is 0 Å². The number of aliphatic hydroxyl groups is 31. The average molecular weight is 2040 g/mol. The molecule has 62 nitrogen and oxygen atoms in total. The van der Waals surface area contributed by atoms with Gasteiger partial charge >= 0.3 is 5.97 Å². The van der Waals surface area contributed by atoms with Crippen molar-refractivity contribution in [3.05, 3.63) is 0 Å². The van der Waals surface area contributed by atoms with Crippen molar-refractivity contribution < 1.29 is 287 Å². The Kier molecular flexibility index (Phi) is 40.7. The second-order valence-corrected chi connectivity index (χ2v) is 35.3. The van der Waals surface area contributed by atoms with Crippen molar-refractivity contribution in [3.63, 3.8) is 0 Å². The van der Waals surface area contributed by atoms with Crippen molar-refractivity contribution in [1.82, 2.24) is 21.3 Å². The number of hydrogen-bond donors (Lipinski definition) is 36. The van der Waals surface area contributed by atoms with Crippen molar-refractivity contribution in [3.8, 4) is 0 Å². The minimum atomic E-state index is -3.12. The van der Waals surface area contributed by atoms with E-state index < -0.39 is 445 Å². The van der Waals surface area contributed by atoms with Crippen LogP contribution in [0, 0.1) is 0 Å². The fraction of sp³-hybridized carbons (Fsp3) is 0.935. The normalized spacial score (nSPS) is 48.9. The first kappa shape index (κ1) is 115. The number of carbonyl (C=O) groups is 5. The lowest BCUT2D eigenvalue weighted by Gasteiger charge is -2.51. The third-order valence-electron chi connectivity index (χ3n) is 25.5. The average Bonchev–Trinajstić information content (AvgIpc) is 0.763. The summed E-state index contributed by atoms with van der Waals surface area (Å²) in [5, 5.41) is 367. The molecule has 62 heteroatoms. The Bertz CT molecular complexity index is 3870. The summed E-state index contributed by atoms with van der Waals surface area (Å²) in [6, 6.07) is -7.73. The highest BCUT2D eigenvalue weighted by atomic mass is 16.8. The Morgan fingerprint density at radius 1 is 0.309 bits per heavy atom. The van der Waals surface area contributed by atoms with Crippen LogP contribution in [0.25, 0.3) is 0 Å². The molecule has 11 aliphatic rings. The van der Waals surface area contributed by atoms with Gasteiger partial charge in [0.15, 0.2) is 62.9 Å². The Balaban J connectivity index is 0.907. The van der Waals surface area contributed by atoms with E-state index in [-0.39, 0.29) is 0 Å². The Hall–Kier alpha value is -4.73. The van der Waals surface area contributed by atoms with Gasteiger partial charge in [-0.15, -0.1) is 0 Å². The summed E-state index contributed by atoms with van der Waals surface area (Å²) in [6.45, 7) is -6.71. The molecule has 56 atom stereocenters. The molecule has 804 valence electrons. The highest BCUT2D eigenvalue weighted by Gasteiger charge is 2.63. The van der Waals surface area contributed by atoms with Crippen LogP contribution in [0.15, 0.2) is 0 Å². The first-order valence-corrected chi connectivity index (χ1v) is 44.1. The molecule has 0 saturated carbocycles. The van der Waals surface area contributed by atoms with Crippen LogP contribution >= 0.6 is 0 Å². The maximum atomic E-state index is 13.3. The maximum absolute atomic E-state index is 13.3. The summed E-state index contributed by atoms with van der Waals surface area (Å²) >= 11 is 0. The summed E-state index contributed by atoms with van der Waals surface area (Å²) in [4.78, 5) is 64.4. The topological polar surface area (TPSA) is 975 Å². The minimum Gasteiger partial charge on any atom is -0.477 e. The van der Waals surface area contributed by atoms with Crippen molar-refractivity contribution in [2.45, 2.75) is 384 Å². The summed E-state index contributed by atoms with van der Waals surface area (Å²) in [7, 11) is 0. The van der Waals surface area contributed by atoms with Crippen molar-refractivity contribution in [1.29, 1.82) is 0 Å². The second-order valence-electron chi connectivity index (χ2n) is 35.3. The number of hydrogen-bond acceptors (Lipinski definition) is 57. The third kappa shape index (κ3) is 25.5. The van der Waals surface area contributed by atoms with Crippen LogP contribution in [0.4, 0.5) is 0 Å². The number of aliphatic carboxylic acids is 1. The zero-order valence-corrected chi connectivity index (χ0v) is 74.5. The largest absolute Gasteiger partial charge is 0.477 e. The molecule has 36 N–H and O–H groups in total.